The minimum Gasteiger partial charge on any atom is -0.352 e. The zero-order chi connectivity index (χ0) is 19.2. The highest BCUT2D eigenvalue weighted by atomic mass is 32.1. The SMILES string of the molecule is CCc1ccc(NC(=S)NC(c2ccccc2)c2ccc(C)cc2C)cc1. The normalized spacial score (nSPS) is 11.7. The van der Waals surface area contributed by atoms with Gasteiger partial charge >= 0.3 is 0 Å². The Morgan fingerprint density at radius 1 is 0.926 bits per heavy atom. The fraction of sp³-hybridized carbons (Fsp3) is 0.208. The first-order valence-electron chi connectivity index (χ1n) is 9.35. The van der Waals surface area contributed by atoms with E-state index in [9.17, 15) is 0 Å². The lowest BCUT2D eigenvalue weighted by atomic mass is 9.94. The van der Waals surface area contributed by atoms with Gasteiger partial charge in [-0.1, -0.05) is 73.2 Å². The second-order valence-electron chi connectivity index (χ2n) is 6.85. The lowest BCUT2D eigenvalue weighted by Crippen LogP contribution is -2.33. The van der Waals surface area contributed by atoms with E-state index in [1.165, 1.54) is 27.8 Å². The van der Waals surface area contributed by atoms with Gasteiger partial charge in [-0.3, -0.25) is 0 Å². The maximum atomic E-state index is 5.62. The molecule has 0 aliphatic rings. The summed E-state index contributed by atoms with van der Waals surface area (Å²) in [7, 11) is 0. The van der Waals surface area contributed by atoms with Crippen LogP contribution in [0.3, 0.4) is 0 Å². The van der Waals surface area contributed by atoms with Crippen molar-refractivity contribution in [3.05, 3.63) is 101 Å². The van der Waals surface area contributed by atoms with E-state index < -0.39 is 0 Å². The molecule has 0 fully saturated rings. The van der Waals surface area contributed by atoms with Crippen LogP contribution in [0.25, 0.3) is 0 Å². The molecule has 0 aromatic heterocycles. The smallest absolute Gasteiger partial charge is 0.171 e. The van der Waals surface area contributed by atoms with Gasteiger partial charge in [0.1, 0.15) is 0 Å². The average molecular weight is 375 g/mol. The van der Waals surface area contributed by atoms with Crippen molar-refractivity contribution in [3.63, 3.8) is 0 Å². The quantitative estimate of drug-likeness (QED) is 0.540. The molecule has 1 unspecified atom stereocenters. The summed E-state index contributed by atoms with van der Waals surface area (Å²) in [5, 5.41) is 7.44. The fourth-order valence-corrected chi connectivity index (χ4v) is 3.49. The molecule has 0 saturated carbocycles. The third-order valence-electron chi connectivity index (χ3n) is 4.76. The van der Waals surface area contributed by atoms with Gasteiger partial charge in [0.15, 0.2) is 5.11 Å². The van der Waals surface area contributed by atoms with Crippen molar-refractivity contribution in [2.24, 2.45) is 0 Å². The first kappa shape index (κ1) is 19.1. The molecule has 3 rings (SSSR count). The summed E-state index contributed by atoms with van der Waals surface area (Å²) < 4.78 is 0. The summed E-state index contributed by atoms with van der Waals surface area (Å²) in [5.41, 5.74) is 7.26. The molecular weight excluding hydrogens is 348 g/mol. The molecule has 27 heavy (non-hydrogen) atoms. The maximum absolute atomic E-state index is 5.62. The number of thiocarbonyl (C=S) groups is 1. The lowest BCUT2D eigenvalue weighted by Gasteiger charge is -2.24. The van der Waals surface area contributed by atoms with Crippen molar-refractivity contribution < 1.29 is 0 Å². The van der Waals surface area contributed by atoms with E-state index >= 15 is 0 Å². The van der Waals surface area contributed by atoms with Crippen molar-refractivity contribution >= 4 is 23.0 Å². The van der Waals surface area contributed by atoms with Crippen LogP contribution in [0.1, 0.15) is 40.8 Å². The minimum absolute atomic E-state index is 0.00159. The Morgan fingerprint density at radius 2 is 1.63 bits per heavy atom. The summed E-state index contributed by atoms with van der Waals surface area (Å²) >= 11 is 5.62. The van der Waals surface area contributed by atoms with Gasteiger partial charge in [0.2, 0.25) is 0 Å². The second-order valence-corrected chi connectivity index (χ2v) is 7.26. The van der Waals surface area contributed by atoms with Gasteiger partial charge in [-0.25, -0.2) is 0 Å². The van der Waals surface area contributed by atoms with Gasteiger partial charge in [0.05, 0.1) is 6.04 Å². The van der Waals surface area contributed by atoms with Crippen LogP contribution in [0.2, 0.25) is 0 Å². The van der Waals surface area contributed by atoms with Crippen LogP contribution in [0.4, 0.5) is 5.69 Å². The van der Waals surface area contributed by atoms with Crippen molar-refractivity contribution in [1.82, 2.24) is 5.32 Å². The number of nitrogens with one attached hydrogen (secondary N) is 2. The molecule has 3 heteroatoms. The topological polar surface area (TPSA) is 24.1 Å². The number of hydrogen-bond donors (Lipinski definition) is 2. The molecule has 1 atom stereocenters. The number of aryl methyl sites for hydroxylation is 3. The molecule has 0 amide bonds. The van der Waals surface area contributed by atoms with E-state index in [2.05, 4.69) is 98.1 Å². The molecule has 0 spiro atoms. The third-order valence-corrected chi connectivity index (χ3v) is 4.98. The van der Waals surface area contributed by atoms with Crippen LogP contribution in [-0.2, 0) is 6.42 Å². The highest BCUT2D eigenvalue weighted by Gasteiger charge is 2.17. The van der Waals surface area contributed by atoms with E-state index in [-0.39, 0.29) is 6.04 Å². The summed E-state index contributed by atoms with van der Waals surface area (Å²) in [5.74, 6) is 0. The summed E-state index contributed by atoms with van der Waals surface area (Å²) in [6.07, 6.45) is 1.03. The van der Waals surface area contributed by atoms with Gasteiger partial charge < -0.3 is 10.6 Å². The predicted octanol–water partition coefficient (Wildman–Crippen LogP) is 5.94. The first-order valence-corrected chi connectivity index (χ1v) is 9.76. The fourth-order valence-electron chi connectivity index (χ4n) is 3.26. The van der Waals surface area contributed by atoms with E-state index in [1.807, 2.05) is 6.07 Å². The molecule has 3 aromatic carbocycles. The van der Waals surface area contributed by atoms with Crippen LogP contribution in [0, 0.1) is 13.8 Å². The van der Waals surface area contributed by atoms with Crippen molar-refractivity contribution in [2.75, 3.05) is 5.32 Å². The van der Waals surface area contributed by atoms with Crippen LogP contribution in [-0.4, -0.2) is 5.11 Å². The molecule has 2 N–H and O–H groups in total. The molecule has 138 valence electrons. The van der Waals surface area contributed by atoms with E-state index in [0.717, 1.165) is 12.1 Å². The average Bonchev–Trinajstić information content (AvgIpc) is 2.68. The predicted molar refractivity (Wildman–Crippen MR) is 119 cm³/mol. The largest absolute Gasteiger partial charge is 0.352 e. The minimum atomic E-state index is 0.00159. The first-order chi connectivity index (χ1) is 13.1. The number of hydrogen-bond acceptors (Lipinski definition) is 1. The molecule has 0 radical (unpaired) electrons. The van der Waals surface area contributed by atoms with E-state index in [4.69, 9.17) is 12.2 Å². The standard InChI is InChI=1S/C24H26N2S/c1-4-19-11-13-21(14-12-19)25-24(27)26-23(20-8-6-5-7-9-20)22-15-10-17(2)16-18(22)3/h5-16,23H,4H2,1-3H3,(H2,25,26,27). The van der Waals surface area contributed by atoms with Gasteiger partial charge in [-0.15, -0.1) is 0 Å². The van der Waals surface area contributed by atoms with Gasteiger partial charge in [-0.05, 0) is 66.9 Å². The molecule has 0 bridgehead atoms. The van der Waals surface area contributed by atoms with Crippen LogP contribution >= 0.6 is 12.2 Å². The highest BCUT2D eigenvalue weighted by molar-refractivity contribution is 7.80. The monoisotopic (exact) mass is 374 g/mol. The highest BCUT2D eigenvalue weighted by Crippen LogP contribution is 2.26. The van der Waals surface area contributed by atoms with Gasteiger partial charge in [-0.2, -0.15) is 0 Å². The Bertz CT molecular complexity index is 901. The third kappa shape index (κ3) is 4.95. The molecule has 0 saturated heterocycles. The Kier molecular flexibility index (Phi) is 6.25. The summed E-state index contributed by atoms with van der Waals surface area (Å²) in [6, 6.07) is 25.4. The molecule has 0 heterocycles. The lowest BCUT2D eigenvalue weighted by molar-refractivity contribution is 0.762. The van der Waals surface area contributed by atoms with Gasteiger partial charge in [0, 0.05) is 5.69 Å². The molecular formula is C24H26N2S. The Morgan fingerprint density at radius 3 is 2.26 bits per heavy atom. The van der Waals surface area contributed by atoms with Gasteiger partial charge in [0.25, 0.3) is 0 Å². The number of benzene rings is 3. The number of rotatable bonds is 5. The van der Waals surface area contributed by atoms with Crippen LogP contribution in [0.15, 0.2) is 72.8 Å². The maximum Gasteiger partial charge on any atom is 0.171 e. The summed E-state index contributed by atoms with van der Waals surface area (Å²) in [4.78, 5) is 0. The van der Waals surface area contributed by atoms with E-state index in [1.54, 1.807) is 0 Å². The Labute approximate surface area is 167 Å². The summed E-state index contributed by atoms with van der Waals surface area (Å²) in [6.45, 7) is 6.43. The van der Waals surface area contributed by atoms with Crippen molar-refractivity contribution in [1.29, 1.82) is 0 Å². The zero-order valence-electron chi connectivity index (χ0n) is 16.1. The molecule has 0 aliphatic carbocycles. The van der Waals surface area contributed by atoms with Crippen LogP contribution in [0.5, 0.6) is 0 Å². The van der Waals surface area contributed by atoms with Crippen molar-refractivity contribution in [2.45, 2.75) is 33.2 Å². The van der Waals surface area contributed by atoms with Crippen molar-refractivity contribution in [3.8, 4) is 0 Å². The Hall–Kier alpha value is -2.65. The van der Waals surface area contributed by atoms with E-state index in [0.29, 0.717) is 5.11 Å². The molecule has 2 nitrogen and oxygen atoms in total. The molecule has 3 aromatic rings. The zero-order valence-corrected chi connectivity index (χ0v) is 16.9. The molecule has 0 aliphatic heterocycles. The second kappa shape index (κ2) is 8.83. The number of anilines is 1. The van der Waals surface area contributed by atoms with Crippen LogP contribution < -0.4 is 10.6 Å². The Balaban J connectivity index is 1.83.